The van der Waals surface area contributed by atoms with Gasteiger partial charge in [-0.3, -0.25) is 4.98 Å². The van der Waals surface area contributed by atoms with Gasteiger partial charge in [0, 0.05) is 18.5 Å². The molecule has 1 atom stereocenters. The normalized spacial score (nSPS) is 13.1. The van der Waals surface area contributed by atoms with Crippen LogP contribution in [-0.4, -0.2) is 28.4 Å². The molecule has 100 valence electrons. The third-order valence-electron chi connectivity index (χ3n) is 2.64. The quantitative estimate of drug-likeness (QED) is 0.803. The molecule has 0 saturated carbocycles. The summed E-state index contributed by atoms with van der Waals surface area (Å²) < 4.78 is 5.02. The molecule has 5 nitrogen and oxygen atoms in total. The van der Waals surface area contributed by atoms with Crippen LogP contribution < -0.4 is 5.73 Å². The van der Waals surface area contributed by atoms with Crippen LogP contribution in [0.1, 0.15) is 26.0 Å². The summed E-state index contributed by atoms with van der Waals surface area (Å²) in [6.07, 6.45) is 2.09. The zero-order valence-corrected chi connectivity index (χ0v) is 10.8. The van der Waals surface area contributed by atoms with Crippen molar-refractivity contribution in [3.8, 4) is 0 Å². The number of amides is 1. The van der Waals surface area contributed by atoms with E-state index in [0.29, 0.717) is 12.8 Å². The van der Waals surface area contributed by atoms with Gasteiger partial charge in [-0.05, 0) is 44.7 Å². The number of aliphatic hydroxyl groups excluding tert-OH is 1. The maximum Gasteiger partial charge on any atom is 0.405 e. The van der Waals surface area contributed by atoms with Crippen LogP contribution >= 0.6 is 0 Å². The van der Waals surface area contributed by atoms with E-state index in [4.69, 9.17) is 10.5 Å². The highest BCUT2D eigenvalue weighted by Crippen LogP contribution is 2.22. The molecule has 0 aliphatic rings. The second-order valence-electron chi connectivity index (χ2n) is 4.96. The SMILES string of the molecule is CC(C)(CC(CO)Cc1ccccn1)OC(N)=O. The molecule has 1 rings (SSSR count). The van der Waals surface area contributed by atoms with Crippen molar-refractivity contribution in [3.63, 3.8) is 0 Å². The number of carbonyl (C=O) groups is 1. The third-order valence-corrected chi connectivity index (χ3v) is 2.64. The van der Waals surface area contributed by atoms with Gasteiger partial charge in [-0.2, -0.15) is 0 Å². The Bertz CT molecular complexity index is 379. The number of carbonyl (C=O) groups excluding carboxylic acids is 1. The maximum absolute atomic E-state index is 10.8. The van der Waals surface area contributed by atoms with E-state index in [1.807, 2.05) is 18.2 Å². The topological polar surface area (TPSA) is 85.4 Å². The summed E-state index contributed by atoms with van der Waals surface area (Å²) in [5.74, 6) is -0.0192. The minimum Gasteiger partial charge on any atom is -0.444 e. The zero-order valence-electron chi connectivity index (χ0n) is 10.8. The third kappa shape index (κ3) is 5.14. The van der Waals surface area contributed by atoms with E-state index in [9.17, 15) is 9.90 Å². The van der Waals surface area contributed by atoms with Gasteiger partial charge in [0.1, 0.15) is 5.60 Å². The first-order valence-corrected chi connectivity index (χ1v) is 5.92. The number of aromatic nitrogens is 1. The molecule has 1 amide bonds. The molecule has 0 spiro atoms. The van der Waals surface area contributed by atoms with Crippen molar-refractivity contribution in [1.29, 1.82) is 0 Å². The Balaban J connectivity index is 2.59. The number of hydrogen-bond donors (Lipinski definition) is 2. The van der Waals surface area contributed by atoms with E-state index in [-0.39, 0.29) is 12.5 Å². The Morgan fingerprint density at radius 2 is 2.28 bits per heavy atom. The Hall–Kier alpha value is -1.62. The monoisotopic (exact) mass is 252 g/mol. The van der Waals surface area contributed by atoms with Crippen LogP contribution in [0.5, 0.6) is 0 Å². The van der Waals surface area contributed by atoms with Gasteiger partial charge in [-0.15, -0.1) is 0 Å². The van der Waals surface area contributed by atoms with Gasteiger partial charge in [0.2, 0.25) is 0 Å². The predicted octanol–water partition coefficient (Wildman–Crippen LogP) is 1.50. The number of pyridine rings is 1. The fourth-order valence-corrected chi connectivity index (χ4v) is 2.03. The molecule has 0 aromatic carbocycles. The second-order valence-corrected chi connectivity index (χ2v) is 4.96. The highest BCUT2D eigenvalue weighted by Gasteiger charge is 2.26. The van der Waals surface area contributed by atoms with E-state index in [2.05, 4.69) is 4.98 Å². The summed E-state index contributed by atoms with van der Waals surface area (Å²) >= 11 is 0. The van der Waals surface area contributed by atoms with Crippen molar-refractivity contribution in [1.82, 2.24) is 4.98 Å². The van der Waals surface area contributed by atoms with E-state index < -0.39 is 11.7 Å². The molecule has 0 saturated heterocycles. The molecule has 0 radical (unpaired) electrons. The molecule has 1 aromatic heterocycles. The highest BCUT2D eigenvalue weighted by atomic mass is 16.6. The summed E-state index contributed by atoms with van der Waals surface area (Å²) in [7, 11) is 0. The fraction of sp³-hybridized carbons (Fsp3) is 0.538. The molecule has 0 bridgehead atoms. The molecule has 0 aliphatic heterocycles. The van der Waals surface area contributed by atoms with Crippen molar-refractivity contribution in [2.75, 3.05) is 6.61 Å². The average Bonchev–Trinajstić information content (AvgIpc) is 2.27. The van der Waals surface area contributed by atoms with Gasteiger partial charge in [-0.25, -0.2) is 4.79 Å². The molecule has 1 unspecified atom stereocenters. The van der Waals surface area contributed by atoms with Crippen LogP contribution in [0, 0.1) is 5.92 Å². The lowest BCUT2D eigenvalue weighted by molar-refractivity contribution is 0.0184. The number of nitrogens with two attached hydrogens (primary N) is 1. The van der Waals surface area contributed by atoms with Crippen LogP contribution in [0.25, 0.3) is 0 Å². The van der Waals surface area contributed by atoms with Gasteiger partial charge < -0.3 is 15.6 Å². The Labute approximate surface area is 107 Å². The molecule has 0 fully saturated rings. The first kappa shape index (κ1) is 14.4. The Morgan fingerprint density at radius 3 is 2.78 bits per heavy atom. The predicted molar refractivity (Wildman–Crippen MR) is 67.9 cm³/mol. The number of nitrogens with zero attached hydrogens (tertiary/aromatic N) is 1. The van der Waals surface area contributed by atoms with Gasteiger partial charge in [0.15, 0.2) is 0 Å². The highest BCUT2D eigenvalue weighted by molar-refractivity contribution is 5.65. The lowest BCUT2D eigenvalue weighted by atomic mass is 9.90. The summed E-state index contributed by atoms with van der Waals surface area (Å²) in [6.45, 7) is 3.57. The van der Waals surface area contributed by atoms with Crippen LogP contribution in [0.15, 0.2) is 24.4 Å². The van der Waals surface area contributed by atoms with Crippen molar-refractivity contribution in [3.05, 3.63) is 30.1 Å². The van der Waals surface area contributed by atoms with Crippen LogP contribution in [0.4, 0.5) is 4.79 Å². The van der Waals surface area contributed by atoms with Crippen molar-refractivity contribution in [2.45, 2.75) is 32.3 Å². The van der Waals surface area contributed by atoms with Gasteiger partial charge >= 0.3 is 6.09 Å². The van der Waals surface area contributed by atoms with Crippen molar-refractivity contribution >= 4 is 6.09 Å². The van der Waals surface area contributed by atoms with Crippen molar-refractivity contribution < 1.29 is 14.6 Å². The number of rotatable bonds is 6. The summed E-state index contributed by atoms with van der Waals surface area (Å²) in [4.78, 5) is 15.0. The standard InChI is InChI=1S/C13H20N2O3/c1-13(2,18-12(14)17)8-10(9-16)7-11-5-3-4-6-15-11/h3-6,10,16H,7-9H2,1-2H3,(H2,14,17). The van der Waals surface area contributed by atoms with Crippen LogP contribution in [0.2, 0.25) is 0 Å². The van der Waals surface area contributed by atoms with Crippen LogP contribution in [0.3, 0.4) is 0 Å². The molecule has 3 N–H and O–H groups in total. The zero-order chi connectivity index (χ0) is 13.6. The van der Waals surface area contributed by atoms with E-state index in [1.54, 1.807) is 20.0 Å². The summed E-state index contributed by atoms with van der Waals surface area (Å²) in [5.41, 5.74) is 5.23. The minimum atomic E-state index is -0.797. The number of aliphatic hydroxyl groups is 1. The van der Waals surface area contributed by atoms with Crippen LogP contribution in [-0.2, 0) is 11.2 Å². The number of ether oxygens (including phenoxy) is 1. The number of primary amides is 1. The second kappa shape index (κ2) is 6.35. The molecule has 18 heavy (non-hydrogen) atoms. The van der Waals surface area contributed by atoms with Gasteiger partial charge in [0.05, 0.1) is 0 Å². The Morgan fingerprint density at radius 1 is 1.56 bits per heavy atom. The maximum atomic E-state index is 10.8. The molecular formula is C13H20N2O3. The van der Waals surface area contributed by atoms with E-state index >= 15 is 0 Å². The first-order chi connectivity index (χ1) is 8.43. The smallest absolute Gasteiger partial charge is 0.405 e. The molecule has 1 heterocycles. The first-order valence-electron chi connectivity index (χ1n) is 5.92. The molecule has 5 heteroatoms. The molecular weight excluding hydrogens is 232 g/mol. The molecule has 1 aromatic rings. The average molecular weight is 252 g/mol. The van der Waals surface area contributed by atoms with Gasteiger partial charge in [-0.1, -0.05) is 6.07 Å². The van der Waals surface area contributed by atoms with Crippen molar-refractivity contribution in [2.24, 2.45) is 11.7 Å². The lowest BCUT2D eigenvalue weighted by Crippen LogP contribution is -2.34. The largest absolute Gasteiger partial charge is 0.444 e. The minimum absolute atomic E-state index is 0.0160. The van der Waals surface area contributed by atoms with E-state index in [1.165, 1.54) is 0 Å². The van der Waals surface area contributed by atoms with E-state index in [0.717, 1.165) is 5.69 Å². The fourth-order valence-electron chi connectivity index (χ4n) is 2.03. The summed E-state index contributed by atoms with van der Waals surface area (Å²) in [6, 6.07) is 5.66. The Kier molecular flexibility index (Phi) is 5.09. The van der Waals surface area contributed by atoms with Gasteiger partial charge in [0.25, 0.3) is 0 Å². The lowest BCUT2D eigenvalue weighted by Gasteiger charge is -2.28. The number of hydrogen-bond acceptors (Lipinski definition) is 4. The molecule has 0 aliphatic carbocycles. The summed E-state index contributed by atoms with van der Waals surface area (Å²) in [5, 5.41) is 9.39.